The molecule has 2 N–H and O–H groups in total. The lowest BCUT2D eigenvalue weighted by Gasteiger charge is -2.32. The van der Waals surface area contributed by atoms with Crippen LogP contribution in [0.2, 0.25) is 0 Å². The second kappa shape index (κ2) is 8.70. The third-order valence-corrected chi connectivity index (χ3v) is 10.3. The molecule has 1 atom stereocenters. The summed E-state index contributed by atoms with van der Waals surface area (Å²) in [7, 11) is -1.55. The van der Waals surface area contributed by atoms with Crippen molar-refractivity contribution in [2.45, 2.75) is 30.0 Å². The van der Waals surface area contributed by atoms with Crippen LogP contribution in [-0.2, 0) is 17.1 Å². The monoisotopic (exact) mass is 512 g/mol. The Labute approximate surface area is 208 Å². The second-order valence-electron chi connectivity index (χ2n) is 9.17. The number of thiophene rings is 1. The predicted octanol–water partition coefficient (Wildman–Crippen LogP) is 2.03. The topological polar surface area (TPSA) is 107 Å². The molecule has 184 valence electrons. The molecule has 6 rings (SSSR count). The molecular weight excluding hydrogens is 484 g/mol. The molecule has 2 aromatic rings. The number of sulfonamides is 1. The van der Waals surface area contributed by atoms with E-state index in [1.807, 2.05) is 32.4 Å². The molecule has 0 bridgehead atoms. The molecule has 4 aliphatic rings. The van der Waals surface area contributed by atoms with E-state index in [-0.39, 0.29) is 6.04 Å². The average Bonchev–Trinajstić information content (AvgIpc) is 3.51. The molecule has 0 amide bonds. The lowest BCUT2D eigenvalue weighted by Crippen LogP contribution is -2.45. The maximum Gasteiger partial charge on any atom is 0.252 e. The Kier molecular flexibility index (Phi) is 5.63. The number of rotatable bonds is 5. The van der Waals surface area contributed by atoms with Gasteiger partial charge in [0.05, 0.1) is 24.5 Å². The van der Waals surface area contributed by atoms with Gasteiger partial charge in [0.15, 0.2) is 11.7 Å². The van der Waals surface area contributed by atoms with E-state index in [1.165, 1.54) is 21.2 Å². The van der Waals surface area contributed by atoms with Crippen molar-refractivity contribution in [3.63, 3.8) is 0 Å². The number of aromatic nitrogens is 2. The van der Waals surface area contributed by atoms with Crippen LogP contribution in [0.3, 0.4) is 0 Å². The van der Waals surface area contributed by atoms with Crippen LogP contribution in [0.1, 0.15) is 30.0 Å². The van der Waals surface area contributed by atoms with Gasteiger partial charge in [-0.15, -0.1) is 11.3 Å². The lowest BCUT2D eigenvalue weighted by molar-refractivity contribution is 0.310. The van der Waals surface area contributed by atoms with Crippen molar-refractivity contribution in [1.82, 2.24) is 29.6 Å². The summed E-state index contributed by atoms with van der Waals surface area (Å²) in [4.78, 5) is 11.9. The number of hydrogen-bond donors (Lipinski definition) is 2. The van der Waals surface area contributed by atoms with Crippen molar-refractivity contribution in [2.75, 3.05) is 32.7 Å². The van der Waals surface area contributed by atoms with Crippen LogP contribution in [0.15, 0.2) is 56.2 Å². The summed E-state index contributed by atoms with van der Waals surface area (Å²) in [5.41, 5.74) is 3.98. The maximum absolute atomic E-state index is 13.0. The van der Waals surface area contributed by atoms with Crippen LogP contribution in [0.4, 0.5) is 5.00 Å². The summed E-state index contributed by atoms with van der Waals surface area (Å²) in [5.74, 6) is 1.39. The number of hydrogen-bond acceptors (Lipinski definition) is 8. The van der Waals surface area contributed by atoms with Gasteiger partial charge in [0.25, 0.3) is 10.0 Å². The van der Waals surface area contributed by atoms with Crippen molar-refractivity contribution >= 4 is 38.0 Å². The number of fused-ring (bicyclic) bond motifs is 1. The van der Waals surface area contributed by atoms with Crippen LogP contribution in [0.5, 0.6) is 0 Å². The molecule has 0 aliphatic carbocycles. The molecule has 2 aromatic heterocycles. The van der Waals surface area contributed by atoms with Gasteiger partial charge in [-0.3, -0.25) is 9.67 Å². The summed E-state index contributed by atoms with van der Waals surface area (Å²) in [6, 6.07) is 1.88. The van der Waals surface area contributed by atoms with Gasteiger partial charge in [0.1, 0.15) is 9.21 Å². The van der Waals surface area contributed by atoms with Crippen LogP contribution >= 0.6 is 11.3 Å². The fourth-order valence-electron chi connectivity index (χ4n) is 4.68. The molecule has 35 heavy (non-hydrogen) atoms. The highest BCUT2D eigenvalue weighted by Crippen LogP contribution is 2.37. The zero-order chi connectivity index (χ0) is 24.2. The average molecular weight is 513 g/mol. The molecule has 1 fully saturated rings. The van der Waals surface area contributed by atoms with E-state index in [4.69, 9.17) is 9.98 Å². The highest BCUT2D eigenvalue weighted by Gasteiger charge is 2.36. The smallest absolute Gasteiger partial charge is 0.252 e. The Morgan fingerprint density at radius 1 is 1.29 bits per heavy atom. The Morgan fingerprint density at radius 2 is 2.14 bits per heavy atom. The summed E-state index contributed by atoms with van der Waals surface area (Å²) in [5, 5.41) is 11.9. The molecule has 10 nitrogen and oxygen atoms in total. The first-order chi connectivity index (χ1) is 16.9. The first-order valence-electron chi connectivity index (χ1n) is 11.8. The van der Waals surface area contributed by atoms with Crippen molar-refractivity contribution in [3.05, 3.63) is 53.1 Å². The molecule has 0 saturated carbocycles. The third kappa shape index (κ3) is 4.03. The highest BCUT2D eigenvalue weighted by atomic mass is 32.2. The number of aliphatic imine (C=N–C) groups is 2. The van der Waals surface area contributed by atoms with Crippen molar-refractivity contribution < 1.29 is 8.42 Å². The standard InChI is InChI=1S/C23H28N8O2S2/c1-15-9-20(34-23(15)35(32,33)30-7-4-8-30)28-21-22-25-12-19(17-11-26-29(2)13-17)31(22)14-18(27-21)16-5-3-6-24-10-16/h5,9,11,13-14,19,24H,3-4,6-8,10,12H2,1-2H3,(H,27,28). The Morgan fingerprint density at radius 3 is 2.83 bits per heavy atom. The molecule has 0 spiro atoms. The fraction of sp³-hybridized carbons (Fsp3) is 0.435. The lowest BCUT2D eigenvalue weighted by atomic mass is 10.1. The minimum atomic E-state index is -3.46. The summed E-state index contributed by atoms with van der Waals surface area (Å²) >= 11 is 1.22. The van der Waals surface area contributed by atoms with Crippen molar-refractivity contribution in [2.24, 2.45) is 17.0 Å². The Hall–Kier alpha value is -2.80. The highest BCUT2D eigenvalue weighted by molar-refractivity contribution is 7.91. The third-order valence-electron chi connectivity index (χ3n) is 6.68. The molecular formula is C23H28N8O2S2. The van der Waals surface area contributed by atoms with E-state index in [9.17, 15) is 8.42 Å². The van der Waals surface area contributed by atoms with Gasteiger partial charge in [-0.05, 0) is 43.5 Å². The van der Waals surface area contributed by atoms with Gasteiger partial charge >= 0.3 is 0 Å². The molecule has 12 heteroatoms. The number of nitrogens with one attached hydrogen (secondary N) is 2. The maximum atomic E-state index is 13.0. The van der Waals surface area contributed by atoms with Gasteiger partial charge in [-0.25, -0.2) is 13.4 Å². The van der Waals surface area contributed by atoms with Gasteiger partial charge in [0.2, 0.25) is 0 Å². The first kappa shape index (κ1) is 22.7. The minimum absolute atomic E-state index is 0.0329. The van der Waals surface area contributed by atoms with Gasteiger partial charge in [-0.2, -0.15) is 9.40 Å². The molecule has 6 heterocycles. The normalized spacial score (nSPS) is 23.9. The molecule has 1 saturated heterocycles. The molecule has 1 unspecified atom stereocenters. The molecule has 0 aromatic carbocycles. The summed E-state index contributed by atoms with van der Waals surface area (Å²) < 4.78 is 29.7. The van der Waals surface area contributed by atoms with Crippen molar-refractivity contribution in [1.29, 1.82) is 0 Å². The largest absolute Gasteiger partial charge is 0.336 e. The van der Waals surface area contributed by atoms with Gasteiger partial charge in [0, 0.05) is 44.6 Å². The van der Waals surface area contributed by atoms with Crippen molar-refractivity contribution in [3.8, 4) is 0 Å². The van der Waals surface area contributed by atoms with Crippen LogP contribution in [-0.4, -0.2) is 71.8 Å². The van der Waals surface area contributed by atoms with E-state index in [1.54, 1.807) is 4.68 Å². The first-order valence-corrected chi connectivity index (χ1v) is 14.1. The SMILES string of the molecule is Cc1cc(N=C2NC(C3=CCCNC3)=CN3C2=NCC3c2cnn(C)c2)sc1S(=O)(=O)N1CCC1. The second-order valence-corrected chi connectivity index (χ2v) is 12.3. The van der Waals surface area contributed by atoms with E-state index in [0.717, 1.165) is 48.6 Å². The zero-order valence-electron chi connectivity index (χ0n) is 19.7. The number of nitrogens with zero attached hydrogens (tertiary/aromatic N) is 6. The van der Waals surface area contributed by atoms with E-state index >= 15 is 0 Å². The van der Waals surface area contributed by atoms with E-state index in [0.29, 0.717) is 34.7 Å². The Bertz CT molecular complexity index is 1390. The molecule has 4 aliphatic heterocycles. The fourth-order valence-corrected chi connectivity index (χ4v) is 7.89. The van der Waals surface area contributed by atoms with Gasteiger partial charge in [-0.1, -0.05) is 6.08 Å². The van der Waals surface area contributed by atoms with Crippen LogP contribution < -0.4 is 10.6 Å². The molecule has 0 radical (unpaired) electrons. The van der Waals surface area contributed by atoms with E-state index < -0.39 is 10.0 Å². The van der Waals surface area contributed by atoms with Crippen LogP contribution in [0.25, 0.3) is 0 Å². The van der Waals surface area contributed by atoms with Gasteiger partial charge < -0.3 is 15.5 Å². The van der Waals surface area contributed by atoms with E-state index in [2.05, 4.69) is 32.9 Å². The predicted molar refractivity (Wildman–Crippen MR) is 136 cm³/mol. The summed E-state index contributed by atoms with van der Waals surface area (Å²) in [6.45, 7) is 5.35. The quantitative estimate of drug-likeness (QED) is 0.635. The number of aryl methyl sites for hydroxylation is 2. The zero-order valence-corrected chi connectivity index (χ0v) is 21.4. The number of amidine groups is 2. The minimum Gasteiger partial charge on any atom is -0.336 e. The Balaban J connectivity index is 1.38. The summed E-state index contributed by atoms with van der Waals surface area (Å²) in [6.07, 6.45) is 10.1. The van der Waals surface area contributed by atoms with Crippen LogP contribution in [0, 0.1) is 6.92 Å².